The highest BCUT2D eigenvalue weighted by Crippen LogP contribution is 2.37. The van der Waals surface area contributed by atoms with Gasteiger partial charge in [-0.05, 0) is 67.3 Å². The Bertz CT molecular complexity index is 1150. The molecule has 1 amide bonds. The second-order valence-electron chi connectivity index (χ2n) is 8.95. The Hall–Kier alpha value is -2.94. The number of hydrogen-bond donors (Lipinski definition) is 2. The normalized spacial score (nSPS) is 19.2. The number of amides is 1. The number of hydrogen-bond acceptors (Lipinski definition) is 4. The van der Waals surface area contributed by atoms with Crippen LogP contribution in [0.4, 0.5) is 18.9 Å². The molecule has 3 aromatic rings. The van der Waals surface area contributed by atoms with E-state index in [0.29, 0.717) is 11.6 Å². The molecule has 1 aliphatic rings. The maximum Gasteiger partial charge on any atom is 0.418 e. The molecule has 0 radical (unpaired) electrons. The largest absolute Gasteiger partial charge is 0.418 e. The fraction of sp³-hybridized carbons (Fsp3) is 0.458. The van der Waals surface area contributed by atoms with Crippen molar-refractivity contribution in [3.8, 4) is 0 Å². The maximum atomic E-state index is 13.3. The van der Waals surface area contributed by atoms with E-state index in [1.54, 1.807) is 12.3 Å². The number of fused-ring (bicyclic) bond motifs is 1. The third-order valence-electron chi connectivity index (χ3n) is 6.39. The van der Waals surface area contributed by atoms with E-state index < -0.39 is 23.3 Å². The first-order valence-corrected chi connectivity index (χ1v) is 11.1. The van der Waals surface area contributed by atoms with Crippen LogP contribution in [-0.2, 0) is 6.18 Å². The van der Waals surface area contributed by atoms with Gasteiger partial charge in [0.1, 0.15) is 5.69 Å². The molecule has 1 aromatic carbocycles. The van der Waals surface area contributed by atoms with Crippen molar-refractivity contribution in [3.63, 3.8) is 0 Å². The molecule has 4 rings (SSSR count). The number of aliphatic hydroxyl groups excluding tert-OH is 1. The van der Waals surface area contributed by atoms with Crippen molar-refractivity contribution in [2.24, 2.45) is 5.92 Å². The summed E-state index contributed by atoms with van der Waals surface area (Å²) in [5.74, 6) is -0.549. The Morgan fingerprint density at radius 2 is 1.97 bits per heavy atom. The highest BCUT2D eigenvalue weighted by atomic mass is 19.4. The number of rotatable bonds is 5. The molecule has 2 N–H and O–H groups in total. The second-order valence-corrected chi connectivity index (χ2v) is 8.95. The lowest BCUT2D eigenvalue weighted by Gasteiger charge is -2.28. The molecule has 6 nitrogen and oxygen atoms in total. The van der Waals surface area contributed by atoms with Crippen LogP contribution in [0.25, 0.3) is 10.9 Å². The molecule has 1 aliphatic carbocycles. The number of alkyl halides is 3. The zero-order valence-electron chi connectivity index (χ0n) is 18.6. The summed E-state index contributed by atoms with van der Waals surface area (Å²) in [6, 6.07) is 5.97. The number of aromatic nitrogens is 3. The Kier molecular flexibility index (Phi) is 6.43. The fourth-order valence-electron chi connectivity index (χ4n) is 4.55. The number of nitrogens with zero attached hydrogens (tertiary/aromatic N) is 3. The first kappa shape index (κ1) is 23.2. The van der Waals surface area contributed by atoms with Crippen LogP contribution in [0.5, 0.6) is 0 Å². The molecule has 33 heavy (non-hydrogen) atoms. The maximum absolute atomic E-state index is 13.3. The number of anilines is 1. The number of halogens is 3. The minimum absolute atomic E-state index is 0.0176. The summed E-state index contributed by atoms with van der Waals surface area (Å²) in [7, 11) is 0. The minimum Gasteiger partial charge on any atom is -0.396 e. The number of carbonyl (C=O) groups excluding carboxylic acids is 1. The van der Waals surface area contributed by atoms with Crippen LogP contribution in [0.3, 0.4) is 0 Å². The smallest absolute Gasteiger partial charge is 0.396 e. The fourth-order valence-corrected chi connectivity index (χ4v) is 4.55. The van der Waals surface area contributed by atoms with Gasteiger partial charge in [0.05, 0.1) is 23.3 Å². The van der Waals surface area contributed by atoms with Crippen LogP contribution in [0.15, 0.2) is 36.7 Å². The molecule has 0 bridgehead atoms. The van der Waals surface area contributed by atoms with Crippen LogP contribution in [0.2, 0.25) is 0 Å². The van der Waals surface area contributed by atoms with Gasteiger partial charge in [0.2, 0.25) is 0 Å². The first-order chi connectivity index (χ1) is 15.7. The van der Waals surface area contributed by atoms with E-state index in [1.165, 1.54) is 6.20 Å². The van der Waals surface area contributed by atoms with Gasteiger partial charge in [0.15, 0.2) is 0 Å². The van der Waals surface area contributed by atoms with Crippen molar-refractivity contribution in [1.29, 1.82) is 0 Å². The second kappa shape index (κ2) is 9.13. The average molecular weight is 461 g/mol. The lowest BCUT2D eigenvalue weighted by Crippen LogP contribution is -2.21. The van der Waals surface area contributed by atoms with Crippen molar-refractivity contribution in [1.82, 2.24) is 14.8 Å². The SMILES string of the molecule is CC(C)c1cc2c(cnn2C2CCC(CO)CC2)cc1NC(=O)c1ncccc1C(F)(F)F. The zero-order chi connectivity index (χ0) is 23.8. The standard InChI is InChI=1S/C24H27F3N4O2/c1-14(2)18-11-21-16(12-29-31(21)17-7-5-15(13-32)6-8-17)10-20(18)30-23(33)22-19(24(25,26)27)4-3-9-28-22/h3-4,9-12,14-15,17,32H,5-8,13H2,1-2H3,(H,30,33). The quantitative estimate of drug-likeness (QED) is 0.523. The van der Waals surface area contributed by atoms with Crippen LogP contribution >= 0.6 is 0 Å². The number of aliphatic hydroxyl groups is 1. The van der Waals surface area contributed by atoms with E-state index in [4.69, 9.17) is 0 Å². The van der Waals surface area contributed by atoms with E-state index >= 15 is 0 Å². The van der Waals surface area contributed by atoms with Crippen molar-refractivity contribution in [3.05, 3.63) is 53.5 Å². The number of pyridine rings is 1. The van der Waals surface area contributed by atoms with E-state index in [2.05, 4.69) is 15.4 Å². The van der Waals surface area contributed by atoms with Crippen LogP contribution in [0, 0.1) is 5.92 Å². The van der Waals surface area contributed by atoms with Crippen molar-refractivity contribution in [2.75, 3.05) is 11.9 Å². The van der Waals surface area contributed by atoms with Gasteiger partial charge < -0.3 is 10.4 Å². The first-order valence-electron chi connectivity index (χ1n) is 11.1. The molecule has 0 aliphatic heterocycles. The van der Waals surface area contributed by atoms with Gasteiger partial charge in [0, 0.05) is 23.9 Å². The summed E-state index contributed by atoms with van der Waals surface area (Å²) < 4.78 is 42.0. The van der Waals surface area contributed by atoms with Gasteiger partial charge in [-0.2, -0.15) is 18.3 Å². The Labute approximate surface area is 189 Å². The minimum atomic E-state index is -4.68. The third kappa shape index (κ3) is 4.73. The number of benzene rings is 1. The average Bonchev–Trinajstić information content (AvgIpc) is 3.20. The molecule has 0 unspecified atom stereocenters. The van der Waals surface area contributed by atoms with Gasteiger partial charge in [-0.3, -0.25) is 14.5 Å². The molecule has 2 heterocycles. The summed E-state index contributed by atoms with van der Waals surface area (Å²) in [5.41, 5.74) is 0.464. The van der Waals surface area contributed by atoms with Crippen molar-refractivity contribution >= 4 is 22.5 Å². The highest BCUT2D eigenvalue weighted by Gasteiger charge is 2.36. The van der Waals surface area contributed by atoms with Gasteiger partial charge in [0.25, 0.3) is 5.91 Å². The lowest BCUT2D eigenvalue weighted by molar-refractivity contribution is -0.138. The van der Waals surface area contributed by atoms with E-state index in [-0.39, 0.29) is 18.6 Å². The molecular formula is C24H27F3N4O2. The summed E-state index contributed by atoms with van der Waals surface area (Å²) in [6.07, 6.45) is 1.96. The van der Waals surface area contributed by atoms with Gasteiger partial charge >= 0.3 is 6.18 Å². The molecule has 0 spiro atoms. The molecule has 176 valence electrons. The van der Waals surface area contributed by atoms with Gasteiger partial charge in [-0.15, -0.1) is 0 Å². The predicted molar refractivity (Wildman–Crippen MR) is 119 cm³/mol. The topological polar surface area (TPSA) is 80.0 Å². The van der Waals surface area contributed by atoms with Crippen LogP contribution < -0.4 is 5.32 Å². The Balaban J connectivity index is 1.67. The Morgan fingerprint density at radius 1 is 1.24 bits per heavy atom. The Morgan fingerprint density at radius 3 is 2.61 bits per heavy atom. The van der Waals surface area contributed by atoms with Crippen LogP contribution in [-0.4, -0.2) is 32.4 Å². The van der Waals surface area contributed by atoms with Gasteiger partial charge in [-0.1, -0.05) is 13.8 Å². The molecule has 9 heteroatoms. The summed E-state index contributed by atoms with van der Waals surface area (Å²) in [5, 5.41) is 17.4. The van der Waals surface area contributed by atoms with Crippen molar-refractivity contribution < 1.29 is 23.1 Å². The molecular weight excluding hydrogens is 433 g/mol. The van der Waals surface area contributed by atoms with Crippen molar-refractivity contribution in [2.45, 2.75) is 57.7 Å². The number of carbonyl (C=O) groups is 1. The molecule has 2 aromatic heterocycles. The molecule has 1 fully saturated rings. The molecule has 1 saturated carbocycles. The third-order valence-corrected chi connectivity index (χ3v) is 6.39. The summed E-state index contributed by atoms with van der Waals surface area (Å²) in [4.78, 5) is 16.5. The van der Waals surface area contributed by atoms with E-state index in [1.807, 2.05) is 24.6 Å². The van der Waals surface area contributed by atoms with Crippen LogP contribution in [0.1, 0.15) is 73.1 Å². The number of nitrogens with one attached hydrogen (secondary N) is 1. The summed E-state index contributed by atoms with van der Waals surface area (Å²) in [6.45, 7) is 4.14. The molecule has 0 atom stereocenters. The lowest BCUT2D eigenvalue weighted by atomic mass is 9.86. The predicted octanol–water partition coefficient (Wildman–Crippen LogP) is 5.55. The summed E-state index contributed by atoms with van der Waals surface area (Å²) >= 11 is 0. The zero-order valence-corrected chi connectivity index (χ0v) is 18.6. The van der Waals surface area contributed by atoms with E-state index in [9.17, 15) is 23.1 Å². The van der Waals surface area contributed by atoms with E-state index in [0.717, 1.165) is 54.3 Å². The monoisotopic (exact) mass is 460 g/mol. The molecule has 0 saturated heterocycles. The highest BCUT2D eigenvalue weighted by molar-refractivity contribution is 6.05. The van der Waals surface area contributed by atoms with Gasteiger partial charge in [-0.25, -0.2) is 0 Å².